The standard InChI is InChI=1S/C9H11F2NO3/c10-9(11)15-7-3-12(4-7)8(14)5-1-6(13)2-5/h5,7,9H,1-4H2. The van der Waals surface area contributed by atoms with E-state index in [9.17, 15) is 18.4 Å². The van der Waals surface area contributed by atoms with Crippen LogP contribution in [0.25, 0.3) is 0 Å². The number of carbonyl (C=O) groups is 2. The molecule has 84 valence electrons. The Kier molecular flexibility index (Phi) is 2.68. The average molecular weight is 219 g/mol. The molecule has 0 spiro atoms. The number of hydrogen-bond donors (Lipinski definition) is 0. The number of hydrogen-bond acceptors (Lipinski definition) is 3. The lowest BCUT2D eigenvalue weighted by atomic mass is 9.82. The van der Waals surface area contributed by atoms with E-state index in [2.05, 4.69) is 4.74 Å². The number of Topliss-reactive ketones (excluding diaryl/α,β-unsaturated/α-hetero) is 1. The zero-order valence-corrected chi connectivity index (χ0v) is 7.99. The van der Waals surface area contributed by atoms with E-state index in [-0.39, 0.29) is 30.7 Å². The molecule has 6 heteroatoms. The summed E-state index contributed by atoms with van der Waals surface area (Å²) >= 11 is 0. The first-order chi connectivity index (χ1) is 7.06. The number of carbonyl (C=O) groups excluding carboxylic acids is 2. The molecule has 0 unspecified atom stereocenters. The Morgan fingerprint density at radius 2 is 2.00 bits per heavy atom. The zero-order valence-electron chi connectivity index (χ0n) is 7.99. The van der Waals surface area contributed by atoms with Gasteiger partial charge >= 0.3 is 6.61 Å². The van der Waals surface area contributed by atoms with Crippen molar-refractivity contribution in [2.24, 2.45) is 5.92 Å². The van der Waals surface area contributed by atoms with Gasteiger partial charge in [-0.3, -0.25) is 9.59 Å². The normalized spacial score (nSPS) is 22.9. The van der Waals surface area contributed by atoms with Crippen LogP contribution in [0.5, 0.6) is 0 Å². The topological polar surface area (TPSA) is 46.6 Å². The minimum absolute atomic E-state index is 0.0919. The molecule has 2 fully saturated rings. The molecule has 0 radical (unpaired) electrons. The highest BCUT2D eigenvalue weighted by molar-refractivity contribution is 5.96. The van der Waals surface area contributed by atoms with Crippen molar-refractivity contribution in [2.45, 2.75) is 25.6 Å². The third kappa shape index (κ3) is 2.14. The van der Waals surface area contributed by atoms with Crippen LogP contribution in [0.15, 0.2) is 0 Å². The van der Waals surface area contributed by atoms with Crippen LogP contribution >= 0.6 is 0 Å². The van der Waals surface area contributed by atoms with Crippen molar-refractivity contribution in [1.82, 2.24) is 4.90 Å². The number of ketones is 1. The number of nitrogens with zero attached hydrogens (tertiary/aromatic N) is 1. The molecule has 15 heavy (non-hydrogen) atoms. The first-order valence-corrected chi connectivity index (χ1v) is 4.80. The van der Waals surface area contributed by atoms with Gasteiger partial charge < -0.3 is 9.64 Å². The molecule has 1 heterocycles. The van der Waals surface area contributed by atoms with E-state index in [4.69, 9.17) is 0 Å². The van der Waals surface area contributed by atoms with E-state index in [1.54, 1.807) is 0 Å². The maximum Gasteiger partial charge on any atom is 0.345 e. The van der Waals surface area contributed by atoms with Crippen molar-refractivity contribution in [3.05, 3.63) is 0 Å². The van der Waals surface area contributed by atoms with Crippen LogP contribution in [-0.2, 0) is 14.3 Å². The molecule has 1 saturated heterocycles. The molecule has 0 bridgehead atoms. The summed E-state index contributed by atoms with van der Waals surface area (Å²) in [4.78, 5) is 23.6. The van der Waals surface area contributed by atoms with Gasteiger partial charge in [-0.1, -0.05) is 0 Å². The summed E-state index contributed by atoms with van der Waals surface area (Å²) in [7, 11) is 0. The molecule has 0 aromatic heterocycles. The highest BCUT2D eigenvalue weighted by Crippen LogP contribution is 2.27. The average Bonchev–Trinajstić information content (AvgIpc) is 2.03. The number of amides is 1. The second-order valence-corrected chi connectivity index (χ2v) is 3.91. The highest BCUT2D eigenvalue weighted by atomic mass is 19.3. The first kappa shape index (κ1) is 10.5. The van der Waals surface area contributed by atoms with Gasteiger partial charge in [-0.2, -0.15) is 8.78 Å². The Morgan fingerprint density at radius 1 is 1.40 bits per heavy atom. The van der Waals surface area contributed by atoms with Crippen molar-refractivity contribution in [2.75, 3.05) is 13.1 Å². The quantitative estimate of drug-likeness (QED) is 0.691. The van der Waals surface area contributed by atoms with Crippen LogP contribution in [0.3, 0.4) is 0 Å². The molecular formula is C9H11F2NO3. The minimum atomic E-state index is -2.78. The summed E-state index contributed by atoms with van der Waals surface area (Å²) in [6.45, 7) is -2.35. The van der Waals surface area contributed by atoms with Gasteiger partial charge in [0.05, 0.1) is 12.0 Å². The summed E-state index contributed by atoms with van der Waals surface area (Å²) in [6.07, 6.45) is 0.0514. The van der Waals surface area contributed by atoms with Gasteiger partial charge in [0.1, 0.15) is 5.78 Å². The number of alkyl halides is 2. The van der Waals surface area contributed by atoms with Gasteiger partial charge in [-0.15, -0.1) is 0 Å². The van der Waals surface area contributed by atoms with Gasteiger partial charge in [-0.25, -0.2) is 0 Å². The molecule has 1 saturated carbocycles. The number of ether oxygens (including phenoxy) is 1. The molecule has 1 aliphatic carbocycles. The Bertz CT molecular complexity index is 281. The lowest BCUT2D eigenvalue weighted by Gasteiger charge is -2.41. The third-order valence-corrected chi connectivity index (χ3v) is 2.75. The summed E-state index contributed by atoms with van der Waals surface area (Å²) in [6, 6.07) is 0. The smallest absolute Gasteiger partial charge is 0.337 e. The van der Waals surface area contributed by atoms with Crippen molar-refractivity contribution in [3.63, 3.8) is 0 Å². The van der Waals surface area contributed by atoms with Gasteiger partial charge in [0, 0.05) is 25.9 Å². The van der Waals surface area contributed by atoms with Gasteiger partial charge in [0.25, 0.3) is 0 Å². The summed E-state index contributed by atoms with van der Waals surface area (Å²) in [5.41, 5.74) is 0. The predicted octanol–water partition coefficient (Wildman–Crippen LogP) is 0.415. The van der Waals surface area contributed by atoms with Crippen molar-refractivity contribution < 1.29 is 23.1 Å². The van der Waals surface area contributed by atoms with Gasteiger partial charge in [-0.05, 0) is 0 Å². The Labute approximate surface area is 85.2 Å². The SMILES string of the molecule is O=C1CC(C(=O)N2CC(OC(F)F)C2)C1. The largest absolute Gasteiger partial charge is 0.345 e. The molecule has 0 atom stereocenters. The Hall–Kier alpha value is -1.04. The number of rotatable bonds is 3. The van der Waals surface area contributed by atoms with Crippen molar-refractivity contribution in [1.29, 1.82) is 0 Å². The van der Waals surface area contributed by atoms with Crippen LogP contribution in [0.4, 0.5) is 8.78 Å². The molecule has 1 aliphatic heterocycles. The fraction of sp³-hybridized carbons (Fsp3) is 0.778. The van der Waals surface area contributed by atoms with Gasteiger partial charge in [0.15, 0.2) is 0 Å². The summed E-state index contributed by atoms with van der Waals surface area (Å²) in [5.74, 6) is -0.233. The van der Waals surface area contributed by atoms with E-state index in [0.29, 0.717) is 12.8 Å². The first-order valence-electron chi connectivity index (χ1n) is 4.80. The molecular weight excluding hydrogens is 208 g/mol. The molecule has 4 nitrogen and oxygen atoms in total. The van der Waals surface area contributed by atoms with Crippen LogP contribution in [-0.4, -0.2) is 42.4 Å². The van der Waals surface area contributed by atoms with E-state index >= 15 is 0 Å². The summed E-state index contributed by atoms with van der Waals surface area (Å²) in [5, 5.41) is 0. The minimum Gasteiger partial charge on any atom is -0.337 e. The predicted molar refractivity (Wildman–Crippen MR) is 45.2 cm³/mol. The van der Waals surface area contributed by atoms with E-state index < -0.39 is 12.7 Å². The molecule has 0 aromatic rings. The zero-order chi connectivity index (χ0) is 11.0. The van der Waals surface area contributed by atoms with Gasteiger partial charge in [0.2, 0.25) is 5.91 Å². The highest BCUT2D eigenvalue weighted by Gasteiger charge is 2.41. The Balaban J connectivity index is 1.70. The maximum atomic E-state index is 11.8. The van der Waals surface area contributed by atoms with Crippen molar-refractivity contribution >= 4 is 11.7 Å². The van der Waals surface area contributed by atoms with Crippen LogP contribution in [0.2, 0.25) is 0 Å². The number of likely N-dealkylation sites (tertiary alicyclic amines) is 1. The Morgan fingerprint density at radius 3 is 2.47 bits per heavy atom. The summed E-state index contributed by atoms with van der Waals surface area (Å²) < 4.78 is 27.7. The van der Waals surface area contributed by atoms with E-state index in [1.807, 2.05) is 0 Å². The third-order valence-electron chi connectivity index (χ3n) is 2.75. The second kappa shape index (κ2) is 3.84. The molecule has 1 amide bonds. The van der Waals surface area contributed by atoms with Crippen LogP contribution < -0.4 is 0 Å². The van der Waals surface area contributed by atoms with Crippen molar-refractivity contribution in [3.8, 4) is 0 Å². The molecule has 2 rings (SSSR count). The van der Waals surface area contributed by atoms with Crippen LogP contribution in [0, 0.1) is 5.92 Å². The van der Waals surface area contributed by atoms with E-state index in [1.165, 1.54) is 4.90 Å². The fourth-order valence-corrected chi connectivity index (χ4v) is 1.77. The van der Waals surface area contributed by atoms with E-state index in [0.717, 1.165) is 0 Å². The molecule has 2 aliphatic rings. The lowest BCUT2D eigenvalue weighted by Crippen LogP contribution is -2.58. The molecule has 0 N–H and O–H groups in total. The maximum absolute atomic E-state index is 11.8. The molecule has 0 aromatic carbocycles. The fourth-order valence-electron chi connectivity index (χ4n) is 1.77. The lowest BCUT2D eigenvalue weighted by molar-refractivity contribution is -0.201. The van der Waals surface area contributed by atoms with Crippen LogP contribution in [0.1, 0.15) is 12.8 Å². The second-order valence-electron chi connectivity index (χ2n) is 3.91. The monoisotopic (exact) mass is 219 g/mol. The number of halogens is 2.